The second kappa shape index (κ2) is 6.00. The van der Waals surface area contributed by atoms with E-state index in [-0.39, 0.29) is 22.6 Å². The van der Waals surface area contributed by atoms with E-state index >= 15 is 0 Å². The molecule has 2 aromatic carbocycles. The topological polar surface area (TPSA) is 49.3 Å². The molecule has 0 bridgehead atoms. The predicted octanol–water partition coefficient (Wildman–Crippen LogP) is 4.73. The van der Waals surface area contributed by atoms with E-state index in [1.165, 1.54) is 31.2 Å². The Balaban J connectivity index is 2.31. The molecule has 0 unspecified atom stereocenters. The standard InChI is InChI=1S/C15H11BrF3NO2/c1-8-2-4-10(7-12(8)15(17,18)19)20-14(22)11-6-9(16)3-5-13(11)21/h2-7,21H,1H3,(H,20,22). The van der Waals surface area contributed by atoms with Crippen LogP contribution in [0.5, 0.6) is 5.75 Å². The molecule has 0 radical (unpaired) electrons. The van der Waals surface area contributed by atoms with Crippen molar-refractivity contribution >= 4 is 27.5 Å². The molecule has 0 aliphatic rings. The number of aromatic hydroxyl groups is 1. The molecule has 116 valence electrons. The van der Waals surface area contributed by atoms with E-state index in [1.807, 2.05) is 0 Å². The monoisotopic (exact) mass is 373 g/mol. The van der Waals surface area contributed by atoms with Gasteiger partial charge >= 0.3 is 6.18 Å². The van der Waals surface area contributed by atoms with E-state index < -0.39 is 17.6 Å². The first-order chi connectivity index (χ1) is 10.2. The smallest absolute Gasteiger partial charge is 0.416 e. The van der Waals surface area contributed by atoms with Gasteiger partial charge in [-0.25, -0.2) is 0 Å². The lowest BCUT2D eigenvalue weighted by molar-refractivity contribution is -0.138. The molecule has 0 spiro atoms. The molecule has 1 amide bonds. The van der Waals surface area contributed by atoms with Crippen LogP contribution in [0.2, 0.25) is 0 Å². The van der Waals surface area contributed by atoms with Crippen molar-refractivity contribution in [2.24, 2.45) is 0 Å². The molecular weight excluding hydrogens is 363 g/mol. The number of nitrogens with one attached hydrogen (secondary N) is 1. The molecule has 2 rings (SSSR count). The highest BCUT2D eigenvalue weighted by molar-refractivity contribution is 9.10. The zero-order valence-electron chi connectivity index (χ0n) is 11.3. The van der Waals surface area contributed by atoms with Crippen LogP contribution in [0.25, 0.3) is 0 Å². The van der Waals surface area contributed by atoms with Gasteiger partial charge < -0.3 is 10.4 Å². The van der Waals surface area contributed by atoms with Gasteiger partial charge in [0.25, 0.3) is 5.91 Å². The lowest BCUT2D eigenvalue weighted by Gasteiger charge is -2.13. The normalized spacial score (nSPS) is 11.3. The summed E-state index contributed by atoms with van der Waals surface area (Å²) in [5, 5.41) is 12.0. The number of anilines is 1. The Morgan fingerprint density at radius 1 is 1.18 bits per heavy atom. The molecule has 7 heteroatoms. The Hall–Kier alpha value is -2.02. The van der Waals surface area contributed by atoms with Crippen molar-refractivity contribution in [2.45, 2.75) is 13.1 Å². The fourth-order valence-corrected chi connectivity index (χ4v) is 2.25. The first-order valence-corrected chi connectivity index (χ1v) is 6.95. The fourth-order valence-electron chi connectivity index (χ4n) is 1.89. The van der Waals surface area contributed by atoms with Gasteiger partial charge in [0.15, 0.2) is 0 Å². The van der Waals surface area contributed by atoms with Crippen LogP contribution in [0.1, 0.15) is 21.5 Å². The third-order valence-corrected chi connectivity index (χ3v) is 3.50. The number of benzene rings is 2. The van der Waals surface area contributed by atoms with E-state index in [0.717, 1.165) is 6.07 Å². The number of carbonyl (C=O) groups excluding carboxylic acids is 1. The summed E-state index contributed by atoms with van der Waals surface area (Å²) in [4.78, 5) is 12.1. The largest absolute Gasteiger partial charge is 0.507 e. The van der Waals surface area contributed by atoms with Gasteiger partial charge in [0.1, 0.15) is 5.75 Å². The molecule has 2 N–H and O–H groups in total. The van der Waals surface area contributed by atoms with Crippen molar-refractivity contribution in [3.8, 4) is 5.75 Å². The summed E-state index contributed by atoms with van der Waals surface area (Å²) < 4.78 is 39.1. The summed E-state index contributed by atoms with van der Waals surface area (Å²) >= 11 is 3.16. The van der Waals surface area contributed by atoms with Gasteiger partial charge in [-0.3, -0.25) is 4.79 Å². The van der Waals surface area contributed by atoms with Crippen LogP contribution in [0.4, 0.5) is 18.9 Å². The van der Waals surface area contributed by atoms with Gasteiger partial charge in [0.2, 0.25) is 0 Å². The van der Waals surface area contributed by atoms with Gasteiger partial charge in [-0.2, -0.15) is 13.2 Å². The number of halogens is 4. The number of phenols is 1. The minimum Gasteiger partial charge on any atom is -0.507 e. The van der Waals surface area contributed by atoms with Crippen molar-refractivity contribution in [3.05, 3.63) is 57.6 Å². The number of rotatable bonds is 2. The summed E-state index contributed by atoms with van der Waals surface area (Å²) in [5.74, 6) is -0.959. The summed E-state index contributed by atoms with van der Waals surface area (Å²) in [6.07, 6.45) is -4.50. The van der Waals surface area contributed by atoms with Gasteiger partial charge in [-0.05, 0) is 42.8 Å². The first-order valence-electron chi connectivity index (χ1n) is 6.16. The molecule has 0 aliphatic heterocycles. The third-order valence-electron chi connectivity index (χ3n) is 3.00. The highest BCUT2D eigenvalue weighted by Gasteiger charge is 2.32. The van der Waals surface area contributed by atoms with Crippen LogP contribution >= 0.6 is 15.9 Å². The van der Waals surface area contributed by atoms with Crippen molar-refractivity contribution in [1.29, 1.82) is 0 Å². The Morgan fingerprint density at radius 3 is 2.50 bits per heavy atom. The molecule has 0 saturated heterocycles. The van der Waals surface area contributed by atoms with Crippen LogP contribution in [0.3, 0.4) is 0 Å². The Kier molecular flexibility index (Phi) is 4.46. The summed E-state index contributed by atoms with van der Waals surface area (Å²) in [5.41, 5.74) is -0.787. The van der Waals surface area contributed by atoms with Gasteiger partial charge in [0, 0.05) is 10.2 Å². The second-order valence-electron chi connectivity index (χ2n) is 4.64. The van der Waals surface area contributed by atoms with E-state index in [1.54, 1.807) is 6.07 Å². The zero-order valence-corrected chi connectivity index (χ0v) is 12.9. The molecule has 0 fully saturated rings. The van der Waals surface area contributed by atoms with E-state index in [4.69, 9.17) is 0 Å². The van der Waals surface area contributed by atoms with Crippen LogP contribution < -0.4 is 5.32 Å². The Morgan fingerprint density at radius 2 is 1.86 bits per heavy atom. The molecule has 0 heterocycles. The third kappa shape index (κ3) is 3.59. The number of carbonyl (C=O) groups is 1. The quantitative estimate of drug-likeness (QED) is 0.798. The van der Waals surface area contributed by atoms with Crippen molar-refractivity contribution < 1.29 is 23.1 Å². The van der Waals surface area contributed by atoms with Gasteiger partial charge in [0.05, 0.1) is 11.1 Å². The molecule has 2 aromatic rings. The highest BCUT2D eigenvalue weighted by Crippen LogP contribution is 2.33. The molecule has 22 heavy (non-hydrogen) atoms. The number of aryl methyl sites for hydroxylation is 1. The van der Waals surface area contributed by atoms with Crippen molar-refractivity contribution in [2.75, 3.05) is 5.32 Å². The molecule has 3 nitrogen and oxygen atoms in total. The van der Waals surface area contributed by atoms with Crippen molar-refractivity contribution in [1.82, 2.24) is 0 Å². The molecular formula is C15H11BrF3NO2. The number of amides is 1. The maximum Gasteiger partial charge on any atom is 0.416 e. The SMILES string of the molecule is Cc1ccc(NC(=O)c2cc(Br)ccc2O)cc1C(F)(F)F. The minimum atomic E-state index is -4.50. The second-order valence-corrected chi connectivity index (χ2v) is 5.56. The molecule has 0 atom stereocenters. The number of phenolic OH excluding ortho intramolecular Hbond substituents is 1. The van der Waals surface area contributed by atoms with Crippen LogP contribution in [-0.2, 0) is 6.18 Å². The molecule has 0 aromatic heterocycles. The Bertz CT molecular complexity index is 729. The highest BCUT2D eigenvalue weighted by atomic mass is 79.9. The lowest BCUT2D eigenvalue weighted by Crippen LogP contribution is -2.14. The maximum absolute atomic E-state index is 12.8. The summed E-state index contributed by atoms with van der Waals surface area (Å²) in [6, 6.07) is 7.75. The lowest BCUT2D eigenvalue weighted by atomic mass is 10.1. The Labute approximate surface area is 132 Å². The van der Waals surface area contributed by atoms with E-state index in [0.29, 0.717) is 4.47 Å². The van der Waals surface area contributed by atoms with E-state index in [9.17, 15) is 23.1 Å². The summed E-state index contributed by atoms with van der Waals surface area (Å²) in [6.45, 7) is 1.34. The van der Waals surface area contributed by atoms with Crippen LogP contribution in [0.15, 0.2) is 40.9 Å². The summed E-state index contributed by atoms with van der Waals surface area (Å²) in [7, 11) is 0. The van der Waals surface area contributed by atoms with Gasteiger partial charge in [-0.15, -0.1) is 0 Å². The van der Waals surface area contributed by atoms with Crippen molar-refractivity contribution in [3.63, 3.8) is 0 Å². The first kappa shape index (κ1) is 16.4. The number of hydrogen-bond acceptors (Lipinski definition) is 2. The predicted molar refractivity (Wildman–Crippen MR) is 79.9 cm³/mol. The van der Waals surface area contributed by atoms with E-state index in [2.05, 4.69) is 21.2 Å². The molecule has 0 saturated carbocycles. The minimum absolute atomic E-state index is 0.00213. The maximum atomic E-state index is 12.8. The van der Waals surface area contributed by atoms with Crippen LogP contribution in [-0.4, -0.2) is 11.0 Å². The average molecular weight is 374 g/mol. The molecule has 0 aliphatic carbocycles. The number of hydrogen-bond donors (Lipinski definition) is 2. The zero-order chi connectivity index (χ0) is 16.5. The average Bonchev–Trinajstić information content (AvgIpc) is 2.42. The fraction of sp³-hybridized carbons (Fsp3) is 0.133. The van der Waals surface area contributed by atoms with Gasteiger partial charge in [-0.1, -0.05) is 22.0 Å². The number of alkyl halides is 3. The van der Waals surface area contributed by atoms with Crippen LogP contribution in [0, 0.1) is 6.92 Å².